The molecule has 1 aliphatic carbocycles. The lowest BCUT2D eigenvalue weighted by Gasteiger charge is -2.17. The summed E-state index contributed by atoms with van der Waals surface area (Å²) in [4.78, 5) is 36.6. The predicted molar refractivity (Wildman–Crippen MR) is 73.5 cm³/mol. The minimum atomic E-state index is -0.394. The number of benzene rings is 1. The normalized spacial score (nSPS) is 21.4. The van der Waals surface area contributed by atoms with Gasteiger partial charge in [-0.2, -0.15) is 0 Å². The summed E-state index contributed by atoms with van der Waals surface area (Å²) < 4.78 is 0. The highest BCUT2D eigenvalue weighted by molar-refractivity contribution is 6.04. The molecule has 0 spiro atoms. The van der Waals surface area contributed by atoms with Crippen LogP contribution in [0, 0.1) is 0 Å². The summed E-state index contributed by atoms with van der Waals surface area (Å²) in [7, 11) is 0. The van der Waals surface area contributed by atoms with Gasteiger partial charge in [-0.1, -0.05) is 6.07 Å². The third-order valence-electron chi connectivity index (χ3n) is 4.04. The topological polar surface area (TPSA) is 80.5 Å². The van der Waals surface area contributed by atoms with Crippen LogP contribution in [0.2, 0.25) is 0 Å². The van der Waals surface area contributed by atoms with Gasteiger partial charge in [0, 0.05) is 43.0 Å². The van der Waals surface area contributed by atoms with Crippen LogP contribution in [0.5, 0.6) is 0 Å². The van der Waals surface area contributed by atoms with Crippen molar-refractivity contribution >= 4 is 23.3 Å². The summed E-state index contributed by atoms with van der Waals surface area (Å²) in [6.07, 6.45) is 1.94. The van der Waals surface area contributed by atoms with E-state index in [1.54, 1.807) is 11.0 Å². The molecule has 1 atom stereocenters. The molecule has 1 aromatic carbocycles. The SMILES string of the molecule is NC(=O)CC1CC(=O)c2cc(N3CCCC3=O)ccc21. The summed E-state index contributed by atoms with van der Waals surface area (Å²) in [5, 5.41) is 0. The Morgan fingerprint density at radius 2 is 2.15 bits per heavy atom. The zero-order valence-corrected chi connectivity index (χ0v) is 11.1. The molecular formula is C15H16N2O3. The van der Waals surface area contributed by atoms with Crippen molar-refractivity contribution in [3.63, 3.8) is 0 Å². The van der Waals surface area contributed by atoms with E-state index in [1.807, 2.05) is 12.1 Å². The number of hydrogen-bond donors (Lipinski definition) is 1. The lowest BCUT2D eigenvalue weighted by molar-refractivity contribution is -0.118. The first-order valence-corrected chi connectivity index (χ1v) is 6.82. The summed E-state index contributed by atoms with van der Waals surface area (Å²) >= 11 is 0. The molecule has 2 aliphatic rings. The molecule has 3 rings (SSSR count). The molecule has 5 heteroatoms. The molecular weight excluding hydrogens is 256 g/mol. The third kappa shape index (κ3) is 2.09. The number of anilines is 1. The van der Waals surface area contributed by atoms with Crippen molar-refractivity contribution in [2.45, 2.75) is 31.6 Å². The van der Waals surface area contributed by atoms with Crippen molar-refractivity contribution in [3.8, 4) is 0 Å². The number of ketones is 1. The number of nitrogens with zero attached hydrogens (tertiary/aromatic N) is 1. The number of amides is 2. The first-order valence-electron chi connectivity index (χ1n) is 6.82. The van der Waals surface area contributed by atoms with Crippen LogP contribution in [0.4, 0.5) is 5.69 Å². The van der Waals surface area contributed by atoms with E-state index in [0.717, 1.165) is 17.7 Å². The van der Waals surface area contributed by atoms with Crippen molar-refractivity contribution in [1.82, 2.24) is 0 Å². The number of primary amides is 1. The second kappa shape index (κ2) is 4.74. The van der Waals surface area contributed by atoms with Crippen LogP contribution in [0.15, 0.2) is 18.2 Å². The highest BCUT2D eigenvalue weighted by Gasteiger charge is 2.32. The molecule has 1 unspecified atom stereocenters. The molecule has 1 saturated heterocycles. The van der Waals surface area contributed by atoms with Crippen molar-refractivity contribution in [2.24, 2.45) is 5.73 Å². The minimum Gasteiger partial charge on any atom is -0.370 e. The Bertz CT molecular complexity index is 609. The monoisotopic (exact) mass is 272 g/mol. The second-order valence-corrected chi connectivity index (χ2v) is 5.42. The molecule has 0 radical (unpaired) electrons. The van der Waals surface area contributed by atoms with Crippen molar-refractivity contribution in [2.75, 3.05) is 11.4 Å². The Morgan fingerprint density at radius 3 is 2.80 bits per heavy atom. The molecule has 1 heterocycles. The first kappa shape index (κ1) is 12.8. The van der Waals surface area contributed by atoms with Crippen molar-refractivity contribution < 1.29 is 14.4 Å². The van der Waals surface area contributed by atoms with Gasteiger partial charge in [-0.15, -0.1) is 0 Å². The zero-order chi connectivity index (χ0) is 14.3. The number of hydrogen-bond acceptors (Lipinski definition) is 3. The number of rotatable bonds is 3. The Kier molecular flexibility index (Phi) is 3.04. The van der Waals surface area contributed by atoms with Gasteiger partial charge in [-0.25, -0.2) is 0 Å². The van der Waals surface area contributed by atoms with Crippen LogP contribution in [0.1, 0.15) is 47.5 Å². The van der Waals surface area contributed by atoms with Gasteiger partial charge in [-0.3, -0.25) is 14.4 Å². The van der Waals surface area contributed by atoms with E-state index in [9.17, 15) is 14.4 Å². The molecule has 20 heavy (non-hydrogen) atoms. The van der Waals surface area contributed by atoms with Gasteiger partial charge in [0.1, 0.15) is 0 Å². The molecule has 104 valence electrons. The average molecular weight is 272 g/mol. The minimum absolute atomic E-state index is 0.0275. The van der Waals surface area contributed by atoms with Crippen LogP contribution in [-0.2, 0) is 9.59 Å². The summed E-state index contributed by atoms with van der Waals surface area (Å²) in [5.74, 6) is -0.378. The van der Waals surface area contributed by atoms with Crippen LogP contribution in [-0.4, -0.2) is 24.1 Å². The Balaban J connectivity index is 1.93. The Hall–Kier alpha value is -2.17. The lowest BCUT2D eigenvalue weighted by Crippen LogP contribution is -2.23. The number of carbonyl (C=O) groups is 3. The van der Waals surface area contributed by atoms with E-state index >= 15 is 0 Å². The van der Waals surface area contributed by atoms with E-state index in [-0.39, 0.29) is 24.0 Å². The van der Waals surface area contributed by atoms with Gasteiger partial charge in [0.15, 0.2) is 5.78 Å². The van der Waals surface area contributed by atoms with Gasteiger partial charge >= 0.3 is 0 Å². The number of Topliss-reactive ketones (excluding diaryl/α,β-unsaturated/α-hetero) is 1. The van der Waals surface area contributed by atoms with Gasteiger partial charge in [0.25, 0.3) is 0 Å². The maximum atomic E-state index is 12.1. The van der Waals surface area contributed by atoms with E-state index < -0.39 is 5.91 Å². The van der Waals surface area contributed by atoms with E-state index in [1.165, 1.54) is 0 Å². The Morgan fingerprint density at radius 1 is 1.35 bits per heavy atom. The fourth-order valence-electron chi connectivity index (χ4n) is 3.10. The standard InChI is InChI=1S/C15H16N2O3/c16-14(19)7-9-6-13(18)12-8-10(3-4-11(9)12)17-5-1-2-15(17)20/h3-4,8-9H,1-2,5-7H2,(H2,16,19). The van der Waals surface area contributed by atoms with Crippen molar-refractivity contribution in [3.05, 3.63) is 29.3 Å². The highest BCUT2D eigenvalue weighted by atomic mass is 16.2. The molecule has 0 aromatic heterocycles. The molecule has 1 fully saturated rings. The van der Waals surface area contributed by atoms with Crippen LogP contribution >= 0.6 is 0 Å². The highest BCUT2D eigenvalue weighted by Crippen LogP contribution is 2.37. The molecule has 0 bridgehead atoms. The molecule has 1 aliphatic heterocycles. The fraction of sp³-hybridized carbons (Fsp3) is 0.400. The van der Waals surface area contributed by atoms with E-state index in [4.69, 9.17) is 5.73 Å². The van der Waals surface area contributed by atoms with Gasteiger partial charge in [0.2, 0.25) is 11.8 Å². The average Bonchev–Trinajstić information content (AvgIpc) is 2.94. The summed E-state index contributed by atoms with van der Waals surface area (Å²) in [5.41, 5.74) is 7.51. The van der Waals surface area contributed by atoms with Crippen molar-refractivity contribution in [1.29, 1.82) is 0 Å². The summed E-state index contributed by atoms with van der Waals surface area (Å²) in [6, 6.07) is 5.49. The maximum Gasteiger partial charge on any atom is 0.227 e. The maximum absolute atomic E-state index is 12.1. The summed E-state index contributed by atoms with van der Waals surface area (Å²) in [6.45, 7) is 0.705. The molecule has 2 N–H and O–H groups in total. The zero-order valence-electron chi connectivity index (χ0n) is 11.1. The first-order chi connectivity index (χ1) is 9.56. The van der Waals surface area contributed by atoms with Gasteiger partial charge < -0.3 is 10.6 Å². The molecule has 0 saturated carbocycles. The number of nitrogens with two attached hydrogens (primary N) is 1. The van der Waals surface area contributed by atoms with Gasteiger partial charge in [-0.05, 0) is 24.1 Å². The second-order valence-electron chi connectivity index (χ2n) is 5.42. The van der Waals surface area contributed by atoms with E-state index in [2.05, 4.69) is 0 Å². The van der Waals surface area contributed by atoms with Gasteiger partial charge in [0.05, 0.1) is 0 Å². The predicted octanol–water partition coefficient (Wildman–Crippen LogP) is 1.36. The fourth-order valence-corrected chi connectivity index (χ4v) is 3.10. The molecule has 1 aromatic rings. The quantitative estimate of drug-likeness (QED) is 0.902. The van der Waals surface area contributed by atoms with Crippen LogP contribution < -0.4 is 10.6 Å². The Labute approximate surface area is 116 Å². The number of carbonyl (C=O) groups excluding carboxylic acids is 3. The largest absolute Gasteiger partial charge is 0.370 e. The molecule has 5 nitrogen and oxygen atoms in total. The number of fused-ring (bicyclic) bond motifs is 1. The van der Waals surface area contributed by atoms with Crippen LogP contribution in [0.25, 0.3) is 0 Å². The third-order valence-corrected chi connectivity index (χ3v) is 4.04. The van der Waals surface area contributed by atoms with E-state index in [0.29, 0.717) is 24.9 Å². The smallest absolute Gasteiger partial charge is 0.227 e. The van der Waals surface area contributed by atoms with Crippen LogP contribution in [0.3, 0.4) is 0 Å². The lowest BCUT2D eigenvalue weighted by atomic mass is 9.97. The molecule has 2 amide bonds.